The number of aromatic hydroxyl groups is 1. The van der Waals surface area contributed by atoms with Crippen molar-refractivity contribution in [1.82, 2.24) is 0 Å². The summed E-state index contributed by atoms with van der Waals surface area (Å²) in [7, 11) is 0. The molecule has 0 aliphatic carbocycles. The Balaban J connectivity index is 3.08. The Kier molecular flexibility index (Phi) is 3.35. The van der Waals surface area contributed by atoms with Crippen molar-refractivity contribution in [3.63, 3.8) is 0 Å². The van der Waals surface area contributed by atoms with Crippen molar-refractivity contribution in [2.24, 2.45) is 0 Å². The van der Waals surface area contributed by atoms with E-state index < -0.39 is 5.97 Å². The maximum absolute atomic E-state index is 10.6. The van der Waals surface area contributed by atoms with Crippen molar-refractivity contribution in [3.8, 4) is 5.75 Å². The summed E-state index contributed by atoms with van der Waals surface area (Å²) in [6.45, 7) is 5.67. The van der Waals surface area contributed by atoms with Crippen molar-refractivity contribution in [2.75, 3.05) is 0 Å². The molecule has 0 radical (unpaired) electrons. The van der Waals surface area contributed by atoms with Crippen LogP contribution in [0.4, 0.5) is 0 Å². The van der Waals surface area contributed by atoms with Crippen LogP contribution in [0.25, 0.3) is 0 Å². The molecule has 0 bridgehead atoms. The van der Waals surface area contributed by atoms with Crippen molar-refractivity contribution >= 4 is 5.97 Å². The first-order chi connectivity index (χ1) is 6.91. The summed E-state index contributed by atoms with van der Waals surface area (Å²) in [6.07, 6.45) is 0.118. The van der Waals surface area contributed by atoms with Crippen LogP contribution in [-0.4, -0.2) is 16.2 Å². The first-order valence-corrected chi connectivity index (χ1v) is 4.93. The number of carboxylic acid groups (broad SMARTS) is 1. The van der Waals surface area contributed by atoms with E-state index in [1.54, 1.807) is 12.1 Å². The average molecular weight is 208 g/mol. The minimum Gasteiger partial charge on any atom is -0.508 e. The van der Waals surface area contributed by atoms with Gasteiger partial charge in [-0.25, -0.2) is 0 Å². The van der Waals surface area contributed by atoms with Crippen LogP contribution in [0.3, 0.4) is 0 Å². The minimum atomic E-state index is -0.797. The second-order valence-corrected chi connectivity index (χ2v) is 3.99. The lowest BCUT2D eigenvalue weighted by molar-refractivity contribution is -0.137. The third kappa shape index (κ3) is 2.72. The largest absolute Gasteiger partial charge is 0.508 e. The maximum atomic E-state index is 10.6. The molecular weight excluding hydrogens is 192 g/mol. The fourth-order valence-electron chi connectivity index (χ4n) is 2.09. The number of hydrogen-bond donors (Lipinski definition) is 2. The monoisotopic (exact) mass is 208 g/mol. The van der Waals surface area contributed by atoms with Crippen LogP contribution in [0, 0.1) is 13.8 Å². The number of carboxylic acids is 1. The highest BCUT2D eigenvalue weighted by atomic mass is 16.4. The quantitative estimate of drug-likeness (QED) is 0.802. The molecule has 82 valence electrons. The van der Waals surface area contributed by atoms with E-state index in [0.717, 1.165) is 16.7 Å². The van der Waals surface area contributed by atoms with E-state index in [-0.39, 0.29) is 18.1 Å². The highest BCUT2D eigenvalue weighted by Gasteiger charge is 2.15. The first kappa shape index (κ1) is 11.6. The van der Waals surface area contributed by atoms with Crippen LogP contribution in [-0.2, 0) is 4.79 Å². The first-order valence-electron chi connectivity index (χ1n) is 4.93. The van der Waals surface area contributed by atoms with Crippen LogP contribution in [0.1, 0.15) is 36.0 Å². The van der Waals surface area contributed by atoms with Gasteiger partial charge in [0.1, 0.15) is 5.75 Å². The van der Waals surface area contributed by atoms with E-state index in [2.05, 4.69) is 0 Å². The van der Waals surface area contributed by atoms with Crippen molar-refractivity contribution < 1.29 is 15.0 Å². The van der Waals surface area contributed by atoms with E-state index in [1.807, 2.05) is 20.8 Å². The standard InChI is InChI=1S/C12H16O3/c1-7-4-10(13)5-8(2)12(7)9(3)6-11(14)15/h4-5,9,13H,6H2,1-3H3,(H,14,15)/t9-/m1/s1. The fourth-order valence-corrected chi connectivity index (χ4v) is 2.09. The summed E-state index contributed by atoms with van der Waals surface area (Å²) in [4.78, 5) is 10.6. The van der Waals surface area contributed by atoms with Crippen molar-refractivity contribution in [3.05, 3.63) is 28.8 Å². The molecule has 15 heavy (non-hydrogen) atoms. The molecule has 0 saturated heterocycles. The number of aryl methyl sites for hydroxylation is 2. The van der Waals surface area contributed by atoms with Gasteiger partial charge in [-0.1, -0.05) is 6.92 Å². The number of aliphatic carboxylic acids is 1. The van der Waals surface area contributed by atoms with Gasteiger partial charge in [-0.15, -0.1) is 0 Å². The molecule has 0 aliphatic heterocycles. The Hall–Kier alpha value is -1.51. The smallest absolute Gasteiger partial charge is 0.303 e. The predicted octanol–water partition coefficient (Wildman–Crippen LogP) is 2.59. The van der Waals surface area contributed by atoms with E-state index in [1.165, 1.54) is 0 Å². The average Bonchev–Trinajstić information content (AvgIpc) is 1.99. The molecule has 3 nitrogen and oxygen atoms in total. The van der Waals surface area contributed by atoms with Gasteiger partial charge < -0.3 is 10.2 Å². The topological polar surface area (TPSA) is 57.5 Å². The zero-order valence-electron chi connectivity index (χ0n) is 9.24. The zero-order chi connectivity index (χ0) is 11.6. The van der Waals surface area contributed by atoms with E-state index in [0.29, 0.717) is 0 Å². The summed E-state index contributed by atoms with van der Waals surface area (Å²) in [6, 6.07) is 3.33. The Morgan fingerprint density at radius 2 is 1.80 bits per heavy atom. The molecule has 1 aromatic carbocycles. The molecule has 1 atom stereocenters. The van der Waals surface area contributed by atoms with E-state index in [9.17, 15) is 9.90 Å². The van der Waals surface area contributed by atoms with Gasteiger partial charge in [0.25, 0.3) is 0 Å². The summed E-state index contributed by atoms with van der Waals surface area (Å²) in [5.41, 5.74) is 2.91. The van der Waals surface area contributed by atoms with Crippen molar-refractivity contribution in [2.45, 2.75) is 33.1 Å². The molecule has 3 heteroatoms. The lowest BCUT2D eigenvalue weighted by atomic mass is 9.90. The number of phenols is 1. The number of benzene rings is 1. The second-order valence-electron chi connectivity index (χ2n) is 3.99. The molecule has 0 unspecified atom stereocenters. The highest BCUT2D eigenvalue weighted by molar-refractivity contribution is 5.68. The third-order valence-electron chi connectivity index (χ3n) is 2.55. The predicted molar refractivity (Wildman–Crippen MR) is 58.2 cm³/mol. The van der Waals surface area contributed by atoms with E-state index >= 15 is 0 Å². The van der Waals surface area contributed by atoms with Gasteiger partial charge in [-0.05, 0) is 48.6 Å². The number of phenolic OH excluding ortho intramolecular Hbond substituents is 1. The lowest BCUT2D eigenvalue weighted by Crippen LogP contribution is -2.06. The Bertz CT molecular complexity index is 359. The van der Waals surface area contributed by atoms with Crippen LogP contribution in [0.2, 0.25) is 0 Å². The summed E-state index contributed by atoms with van der Waals surface area (Å²) in [5, 5.41) is 18.1. The minimum absolute atomic E-state index is 0.0249. The molecular formula is C12H16O3. The summed E-state index contributed by atoms with van der Waals surface area (Å²) < 4.78 is 0. The SMILES string of the molecule is Cc1cc(O)cc(C)c1[C@H](C)CC(=O)O. The zero-order valence-corrected chi connectivity index (χ0v) is 9.24. The van der Waals surface area contributed by atoms with Gasteiger partial charge in [-0.2, -0.15) is 0 Å². The molecule has 2 N–H and O–H groups in total. The Labute approximate surface area is 89.4 Å². The summed E-state index contributed by atoms with van der Waals surface area (Å²) in [5.74, 6) is -0.589. The van der Waals surface area contributed by atoms with Gasteiger partial charge in [-0.3, -0.25) is 4.79 Å². The fraction of sp³-hybridized carbons (Fsp3) is 0.417. The van der Waals surface area contributed by atoms with Crippen LogP contribution >= 0.6 is 0 Å². The van der Waals surface area contributed by atoms with Gasteiger partial charge >= 0.3 is 5.97 Å². The number of rotatable bonds is 3. The number of hydrogen-bond acceptors (Lipinski definition) is 2. The highest BCUT2D eigenvalue weighted by Crippen LogP contribution is 2.29. The van der Waals surface area contributed by atoms with E-state index in [4.69, 9.17) is 5.11 Å². The second kappa shape index (κ2) is 4.34. The van der Waals surface area contributed by atoms with Crippen LogP contribution in [0.15, 0.2) is 12.1 Å². The molecule has 0 fully saturated rings. The van der Waals surface area contributed by atoms with Crippen LogP contribution in [0.5, 0.6) is 5.75 Å². The Morgan fingerprint density at radius 3 is 2.20 bits per heavy atom. The normalized spacial score (nSPS) is 12.5. The molecule has 1 rings (SSSR count). The molecule has 0 amide bonds. The van der Waals surface area contributed by atoms with Gasteiger partial charge in [0.15, 0.2) is 0 Å². The molecule has 0 aliphatic rings. The molecule has 0 saturated carbocycles. The molecule has 0 spiro atoms. The van der Waals surface area contributed by atoms with Gasteiger partial charge in [0.05, 0.1) is 6.42 Å². The van der Waals surface area contributed by atoms with Crippen molar-refractivity contribution in [1.29, 1.82) is 0 Å². The third-order valence-corrected chi connectivity index (χ3v) is 2.55. The lowest BCUT2D eigenvalue weighted by Gasteiger charge is -2.16. The van der Waals surface area contributed by atoms with Crippen LogP contribution < -0.4 is 0 Å². The summed E-state index contributed by atoms with van der Waals surface area (Å²) >= 11 is 0. The van der Waals surface area contributed by atoms with Gasteiger partial charge in [0.2, 0.25) is 0 Å². The molecule has 0 aromatic heterocycles. The Morgan fingerprint density at radius 1 is 1.33 bits per heavy atom. The number of carbonyl (C=O) groups is 1. The van der Waals surface area contributed by atoms with Gasteiger partial charge in [0, 0.05) is 0 Å². The molecule has 0 heterocycles. The molecule has 1 aromatic rings. The maximum Gasteiger partial charge on any atom is 0.303 e.